The van der Waals surface area contributed by atoms with Crippen LogP contribution in [0.3, 0.4) is 0 Å². The molecular formula is C16H17N3O4. The third-order valence-electron chi connectivity index (χ3n) is 3.76. The monoisotopic (exact) mass is 315 g/mol. The van der Waals surface area contributed by atoms with E-state index < -0.39 is 11.6 Å². The lowest BCUT2D eigenvalue weighted by Crippen LogP contribution is -2.47. The lowest BCUT2D eigenvalue weighted by molar-refractivity contribution is -0.132. The molecule has 0 aliphatic carbocycles. The van der Waals surface area contributed by atoms with Gasteiger partial charge in [-0.05, 0) is 6.92 Å². The number of hydrogen-bond donors (Lipinski definition) is 1. The Morgan fingerprint density at radius 2 is 2.04 bits per heavy atom. The van der Waals surface area contributed by atoms with E-state index in [0.717, 1.165) is 10.5 Å². The van der Waals surface area contributed by atoms with Crippen LogP contribution in [0, 0.1) is 0 Å². The van der Waals surface area contributed by atoms with Gasteiger partial charge in [0.2, 0.25) is 0 Å². The Morgan fingerprint density at radius 3 is 2.74 bits per heavy atom. The predicted octanol–water partition coefficient (Wildman–Crippen LogP) is 1.80. The fourth-order valence-electron chi connectivity index (χ4n) is 2.63. The number of urea groups is 1. The van der Waals surface area contributed by atoms with Crippen molar-refractivity contribution in [1.29, 1.82) is 0 Å². The van der Waals surface area contributed by atoms with Gasteiger partial charge in [-0.15, -0.1) is 0 Å². The molecule has 2 heterocycles. The van der Waals surface area contributed by atoms with Crippen molar-refractivity contribution in [1.82, 2.24) is 15.2 Å². The number of benzene rings is 1. The molecule has 23 heavy (non-hydrogen) atoms. The smallest absolute Gasteiger partial charge is 0.325 e. The number of aromatic nitrogens is 1. The highest BCUT2D eigenvalue weighted by Gasteiger charge is 2.48. The second-order valence-corrected chi connectivity index (χ2v) is 5.58. The molecule has 0 spiro atoms. The van der Waals surface area contributed by atoms with Gasteiger partial charge in [-0.3, -0.25) is 9.69 Å². The molecule has 1 aromatic heterocycles. The van der Waals surface area contributed by atoms with E-state index >= 15 is 0 Å². The Hall–Kier alpha value is -2.67. The van der Waals surface area contributed by atoms with Crippen LogP contribution in [-0.2, 0) is 16.1 Å². The Bertz CT molecular complexity index is 728. The number of hydrogen-bond acceptors (Lipinski definition) is 5. The van der Waals surface area contributed by atoms with Crippen molar-refractivity contribution in [2.45, 2.75) is 19.0 Å². The Balaban J connectivity index is 1.85. The second kappa shape index (κ2) is 5.85. The summed E-state index contributed by atoms with van der Waals surface area (Å²) >= 11 is 0. The molecule has 1 aromatic carbocycles. The summed E-state index contributed by atoms with van der Waals surface area (Å²) in [5, 5.41) is 2.66. The summed E-state index contributed by atoms with van der Waals surface area (Å²) in [6, 6.07) is 8.95. The fraction of sp³-hybridized carbons (Fsp3) is 0.312. The lowest BCUT2D eigenvalue weighted by Gasteiger charge is -2.20. The van der Waals surface area contributed by atoms with E-state index in [1.54, 1.807) is 6.92 Å². The molecule has 7 nitrogen and oxygen atoms in total. The molecular weight excluding hydrogens is 298 g/mol. The average molecular weight is 315 g/mol. The third kappa shape index (κ3) is 2.70. The van der Waals surface area contributed by atoms with Gasteiger partial charge >= 0.3 is 6.03 Å². The van der Waals surface area contributed by atoms with Crippen molar-refractivity contribution in [2.24, 2.45) is 0 Å². The van der Waals surface area contributed by atoms with E-state index in [0.29, 0.717) is 11.5 Å². The van der Waals surface area contributed by atoms with Crippen molar-refractivity contribution < 1.29 is 18.7 Å². The van der Waals surface area contributed by atoms with Crippen molar-refractivity contribution in [3.63, 3.8) is 0 Å². The van der Waals surface area contributed by atoms with Gasteiger partial charge in [0, 0.05) is 12.7 Å². The average Bonchev–Trinajstić information content (AvgIpc) is 3.08. The maximum atomic E-state index is 12.5. The molecule has 1 aliphatic rings. The van der Waals surface area contributed by atoms with Gasteiger partial charge in [-0.1, -0.05) is 30.3 Å². The first-order chi connectivity index (χ1) is 11.0. The molecule has 0 saturated carbocycles. The van der Waals surface area contributed by atoms with E-state index in [9.17, 15) is 9.59 Å². The fourth-order valence-corrected chi connectivity index (χ4v) is 2.63. The summed E-state index contributed by atoms with van der Waals surface area (Å²) in [6.07, 6.45) is 1.31. The van der Waals surface area contributed by atoms with Gasteiger partial charge in [0.1, 0.15) is 11.2 Å². The third-order valence-corrected chi connectivity index (χ3v) is 3.76. The number of amides is 3. The first-order valence-corrected chi connectivity index (χ1v) is 7.16. The van der Waals surface area contributed by atoms with E-state index in [-0.39, 0.29) is 19.1 Å². The van der Waals surface area contributed by atoms with Crippen LogP contribution in [-0.4, -0.2) is 41.1 Å². The molecule has 3 amide bonds. The standard InChI is InChI=1S/C16H17N3O4/c1-16(9-22-2)14(20)19(15(21)18-16)8-12-13(23-10-17-12)11-6-4-3-5-7-11/h3-7,10H,8-9H2,1-2H3,(H,18,21). The highest BCUT2D eigenvalue weighted by Crippen LogP contribution is 2.26. The van der Waals surface area contributed by atoms with Crippen LogP contribution >= 0.6 is 0 Å². The maximum Gasteiger partial charge on any atom is 0.325 e. The number of nitrogens with one attached hydrogen (secondary N) is 1. The molecule has 2 aromatic rings. The topological polar surface area (TPSA) is 84.7 Å². The Morgan fingerprint density at radius 1 is 1.30 bits per heavy atom. The number of carbonyl (C=O) groups excluding carboxylic acids is 2. The lowest BCUT2D eigenvalue weighted by atomic mass is 10.0. The summed E-state index contributed by atoms with van der Waals surface area (Å²) in [5.74, 6) is 0.206. The largest absolute Gasteiger partial charge is 0.443 e. The van der Waals surface area contributed by atoms with E-state index in [4.69, 9.17) is 9.15 Å². The number of ether oxygens (including phenoxy) is 1. The van der Waals surface area contributed by atoms with Crippen LogP contribution in [0.5, 0.6) is 0 Å². The predicted molar refractivity (Wildman–Crippen MR) is 81.3 cm³/mol. The first-order valence-electron chi connectivity index (χ1n) is 7.16. The van der Waals surface area contributed by atoms with Crippen LogP contribution in [0.4, 0.5) is 4.79 Å². The number of carbonyl (C=O) groups is 2. The number of imide groups is 1. The molecule has 1 fully saturated rings. The zero-order chi connectivity index (χ0) is 16.4. The van der Waals surface area contributed by atoms with Gasteiger partial charge in [-0.2, -0.15) is 0 Å². The van der Waals surface area contributed by atoms with Crippen LogP contribution in [0.15, 0.2) is 41.1 Å². The molecule has 0 radical (unpaired) electrons. The van der Waals surface area contributed by atoms with Crippen LogP contribution < -0.4 is 5.32 Å². The quantitative estimate of drug-likeness (QED) is 0.850. The molecule has 1 unspecified atom stereocenters. The maximum absolute atomic E-state index is 12.5. The summed E-state index contributed by atoms with van der Waals surface area (Å²) in [7, 11) is 1.48. The molecule has 1 N–H and O–H groups in total. The van der Waals surface area contributed by atoms with Crippen LogP contribution in [0.2, 0.25) is 0 Å². The van der Waals surface area contributed by atoms with Crippen molar-refractivity contribution in [3.05, 3.63) is 42.4 Å². The minimum absolute atomic E-state index is 0.0463. The number of oxazole rings is 1. The zero-order valence-electron chi connectivity index (χ0n) is 12.9. The van der Waals surface area contributed by atoms with Crippen LogP contribution in [0.25, 0.3) is 11.3 Å². The van der Waals surface area contributed by atoms with E-state index in [1.165, 1.54) is 13.5 Å². The van der Waals surface area contributed by atoms with E-state index in [1.807, 2.05) is 30.3 Å². The molecule has 1 aliphatic heterocycles. The highest BCUT2D eigenvalue weighted by molar-refractivity contribution is 6.06. The normalized spacial score (nSPS) is 20.9. The molecule has 1 atom stereocenters. The van der Waals surface area contributed by atoms with Gasteiger partial charge in [-0.25, -0.2) is 9.78 Å². The minimum atomic E-state index is -1.05. The molecule has 0 bridgehead atoms. The Kier molecular flexibility index (Phi) is 3.87. The number of methoxy groups -OCH3 is 1. The molecule has 3 rings (SSSR count). The highest BCUT2D eigenvalue weighted by atomic mass is 16.5. The summed E-state index contributed by atoms with van der Waals surface area (Å²) in [4.78, 5) is 29.9. The van der Waals surface area contributed by atoms with Gasteiger partial charge < -0.3 is 14.5 Å². The zero-order valence-corrected chi connectivity index (χ0v) is 12.9. The molecule has 1 saturated heterocycles. The SMILES string of the molecule is COCC1(C)NC(=O)N(Cc2ncoc2-c2ccccc2)C1=O. The van der Waals surface area contributed by atoms with Gasteiger partial charge in [0.05, 0.1) is 13.2 Å². The molecule has 7 heteroatoms. The van der Waals surface area contributed by atoms with Crippen LogP contribution in [0.1, 0.15) is 12.6 Å². The van der Waals surface area contributed by atoms with Crippen molar-refractivity contribution in [2.75, 3.05) is 13.7 Å². The number of rotatable bonds is 5. The summed E-state index contributed by atoms with van der Waals surface area (Å²) in [6.45, 7) is 1.79. The van der Waals surface area contributed by atoms with Gasteiger partial charge in [0.15, 0.2) is 12.2 Å². The summed E-state index contributed by atoms with van der Waals surface area (Å²) in [5.41, 5.74) is 0.315. The van der Waals surface area contributed by atoms with E-state index in [2.05, 4.69) is 10.3 Å². The first kappa shape index (κ1) is 15.2. The van der Waals surface area contributed by atoms with Crippen molar-refractivity contribution >= 4 is 11.9 Å². The minimum Gasteiger partial charge on any atom is -0.443 e. The van der Waals surface area contributed by atoms with Gasteiger partial charge in [0.25, 0.3) is 5.91 Å². The van der Waals surface area contributed by atoms with Crippen molar-refractivity contribution in [3.8, 4) is 11.3 Å². The summed E-state index contributed by atoms with van der Waals surface area (Å²) < 4.78 is 10.5. The molecule has 120 valence electrons. The number of nitrogens with zero attached hydrogens (tertiary/aromatic N) is 2. The Labute approximate surface area is 133 Å². The second-order valence-electron chi connectivity index (χ2n) is 5.58.